The molecular formula is C16H14N4OS2. The fourth-order valence-electron chi connectivity index (χ4n) is 2.87. The molecule has 5 nitrogen and oxygen atoms in total. The van der Waals surface area contributed by atoms with E-state index in [4.69, 9.17) is 0 Å². The van der Waals surface area contributed by atoms with E-state index in [0.717, 1.165) is 24.4 Å². The summed E-state index contributed by atoms with van der Waals surface area (Å²) in [6.45, 7) is 0.789. The van der Waals surface area contributed by atoms with Gasteiger partial charge in [-0.25, -0.2) is 4.98 Å². The molecule has 0 saturated carbocycles. The fraction of sp³-hybridized carbons (Fsp3) is 0.250. The summed E-state index contributed by atoms with van der Waals surface area (Å²) in [7, 11) is 0. The van der Waals surface area contributed by atoms with Gasteiger partial charge in [0.2, 0.25) is 0 Å². The SMILES string of the molecule is O=C(c1csc(-c2cnccn2)n1)N1CCC[C@H]1c1ccsc1. The van der Waals surface area contributed by atoms with E-state index in [1.54, 1.807) is 29.9 Å². The van der Waals surface area contributed by atoms with Gasteiger partial charge in [-0.3, -0.25) is 14.8 Å². The summed E-state index contributed by atoms with van der Waals surface area (Å²) in [4.78, 5) is 27.5. The van der Waals surface area contributed by atoms with E-state index >= 15 is 0 Å². The number of hydrogen-bond donors (Lipinski definition) is 0. The van der Waals surface area contributed by atoms with Crippen molar-refractivity contribution in [3.63, 3.8) is 0 Å². The van der Waals surface area contributed by atoms with Gasteiger partial charge in [-0.05, 0) is 35.2 Å². The first kappa shape index (κ1) is 14.5. The van der Waals surface area contributed by atoms with Gasteiger partial charge in [-0.2, -0.15) is 11.3 Å². The zero-order chi connectivity index (χ0) is 15.6. The number of thiazole rings is 1. The van der Waals surface area contributed by atoms with Crippen LogP contribution in [0.15, 0.2) is 40.8 Å². The number of carbonyl (C=O) groups excluding carboxylic acids is 1. The second kappa shape index (κ2) is 6.17. The van der Waals surface area contributed by atoms with Gasteiger partial charge in [0.25, 0.3) is 5.91 Å². The Hall–Kier alpha value is -2.12. The van der Waals surface area contributed by atoms with E-state index in [9.17, 15) is 4.79 Å². The van der Waals surface area contributed by atoms with Crippen LogP contribution < -0.4 is 0 Å². The third kappa shape index (κ3) is 2.77. The van der Waals surface area contributed by atoms with Crippen molar-refractivity contribution in [1.82, 2.24) is 19.9 Å². The molecule has 1 aliphatic heterocycles. The zero-order valence-electron chi connectivity index (χ0n) is 12.3. The van der Waals surface area contributed by atoms with Gasteiger partial charge in [-0.15, -0.1) is 11.3 Å². The molecule has 1 aliphatic rings. The Morgan fingerprint density at radius 1 is 1.30 bits per heavy atom. The van der Waals surface area contributed by atoms with E-state index in [1.165, 1.54) is 16.9 Å². The van der Waals surface area contributed by atoms with E-state index in [-0.39, 0.29) is 11.9 Å². The normalized spacial score (nSPS) is 17.6. The molecule has 4 rings (SSSR count). The smallest absolute Gasteiger partial charge is 0.273 e. The quantitative estimate of drug-likeness (QED) is 0.729. The van der Waals surface area contributed by atoms with Crippen molar-refractivity contribution in [2.75, 3.05) is 6.54 Å². The molecule has 0 aromatic carbocycles. The third-order valence-corrected chi connectivity index (χ3v) is 5.51. The molecule has 116 valence electrons. The fourth-order valence-corrected chi connectivity index (χ4v) is 4.33. The highest BCUT2D eigenvalue weighted by Crippen LogP contribution is 2.34. The Balaban J connectivity index is 1.59. The number of likely N-dealkylation sites (tertiary alicyclic amines) is 1. The van der Waals surface area contributed by atoms with Crippen LogP contribution in [0, 0.1) is 0 Å². The lowest BCUT2D eigenvalue weighted by Gasteiger charge is -2.23. The molecule has 0 aliphatic carbocycles. The second-order valence-electron chi connectivity index (χ2n) is 5.34. The van der Waals surface area contributed by atoms with Crippen LogP contribution in [-0.2, 0) is 0 Å². The van der Waals surface area contributed by atoms with Crippen molar-refractivity contribution < 1.29 is 4.79 Å². The number of thiophene rings is 1. The molecule has 0 bridgehead atoms. The minimum atomic E-state index is 0.00471. The zero-order valence-corrected chi connectivity index (χ0v) is 13.9. The van der Waals surface area contributed by atoms with Crippen molar-refractivity contribution in [2.45, 2.75) is 18.9 Å². The van der Waals surface area contributed by atoms with Crippen molar-refractivity contribution >= 4 is 28.6 Å². The first-order chi connectivity index (χ1) is 11.3. The summed E-state index contributed by atoms with van der Waals surface area (Å²) in [6, 6.07) is 2.28. The molecule has 0 radical (unpaired) electrons. The Morgan fingerprint density at radius 2 is 2.26 bits per heavy atom. The number of amides is 1. The number of hydrogen-bond acceptors (Lipinski definition) is 6. The monoisotopic (exact) mass is 342 g/mol. The Morgan fingerprint density at radius 3 is 3.04 bits per heavy atom. The third-order valence-electron chi connectivity index (χ3n) is 3.95. The molecule has 7 heteroatoms. The topological polar surface area (TPSA) is 59.0 Å². The number of aromatic nitrogens is 3. The molecule has 0 spiro atoms. The van der Waals surface area contributed by atoms with Crippen LogP contribution in [0.25, 0.3) is 10.7 Å². The maximum Gasteiger partial charge on any atom is 0.273 e. The van der Waals surface area contributed by atoms with Gasteiger partial charge < -0.3 is 4.90 Å². The standard InChI is InChI=1S/C16H14N4OS2/c21-16(20-6-1-2-14(20)11-3-7-22-9-11)13-10-23-15(19-13)12-8-17-4-5-18-12/h3-5,7-10,14H,1-2,6H2/t14-/m0/s1. The van der Waals surface area contributed by atoms with Crippen molar-refractivity contribution in [3.8, 4) is 10.7 Å². The summed E-state index contributed by atoms with van der Waals surface area (Å²) in [5, 5.41) is 6.73. The summed E-state index contributed by atoms with van der Waals surface area (Å²) >= 11 is 3.10. The van der Waals surface area contributed by atoms with E-state index in [2.05, 4.69) is 31.8 Å². The lowest BCUT2D eigenvalue weighted by Crippen LogP contribution is -2.30. The molecular weight excluding hydrogens is 328 g/mol. The minimum Gasteiger partial charge on any atom is -0.330 e. The molecule has 1 atom stereocenters. The summed E-state index contributed by atoms with van der Waals surface area (Å²) in [5.41, 5.74) is 2.43. The van der Waals surface area contributed by atoms with Crippen LogP contribution >= 0.6 is 22.7 Å². The summed E-state index contributed by atoms with van der Waals surface area (Å²) in [5.74, 6) is 0.00471. The maximum absolute atomic E-state index is 12.8. The Bertz CT molecular complexity index is 801. The van der Waals surface area contributed by atoms with Gasteiger partial charge in [0.05, 0.1) is 12.2 Å². The molecule has 3 aromatic rings. The number of rotatable bonds is 3. The van der Waals surface area contributed by atoms with Gasteiger partial charge in [-0.1, -0.05) is 0 Å². The maximum atomic E-state index is 12.8. The molecule has 0 N–H and O–H groups in total. The van der Waals surface area contributed by atoms with Crippen LogP contribution in [0.5, 0.6) is 0 Å². The van der Waals surface area contributed by atoms with Crippen LogP contribution in [0.1, 0.15) is 34.9 Å². The number of nitrogens with zero attached hydrogens (tertiary/aromatic N) is 4. The molecule has 1 fully saturated rings. The van der Waals surface area contributed by atoms with E-state index < -0.39 is 0 Å². The van der Waals surface area contributed by atoms with E-state index in [1.807, 2.05) is 10.3 Å². The average Bonchev–Trinajstić information content (AvgIpc) is 3.34. The molecule has 1 saturated heterocycles. The van der Waals surface area contributed by atoms with Gasteiger partial charge in [0.1, 0.15) is 16.4 Å². The van der Waals surface area contributed by atoms with Crippen LogP contribution in [-0.4, -0.2) is 32.3 Å². The van der Waals surface area contributed by atoms with E-state index in [0.29, 0.717) is 11.4 Å². The van der Waals surface area contributed by atoms with Crippen LogP contribution in [0.4, 0.5) is 0 Å². The highest BCUT2D eigenvalue weighted by atomic mass is 32.1. The minimum absolute atomic E-state index is 0.00471. The summed E-state index contributed by atoms with van der Waals surface area (Å²) < 4.78 is 0. The highest BCUT2D eigenvalue weighted by molar-refractivity contribution is 7.13. The van der Waals surface area contributed by atoms with Crippen molar-refractivity contribution in [1.29, 1.82) is 0 Å². The van der Waals surface area contributed by atoms with Crippen LogP contribution in [0.3, 0.4) is 0 Å². The van der Waals surface area contributed by atoms with Crippen LogP contribution in [0.2, 0.25) is 0 Å². The molecule has 3 aromatic heterocycles. The lowest BCUT2D eigenvalue weighted by atomic mass is 10.1. The Kier molecular flexibility index (Phi) is 3.88. The van der Waals surface area contributed by atoms with Crippen molar-refractivity contribution in [2.24, 2.45) is 0 Å². The molecule has 1 amide bonds. The first-order valence-electron chi connectivity index (χ1n) is 7.38. The second-order valence-corrected chi connectivity index (χ2v) is 6.98. The molecule has 23 heavy (non-hydrogen) atoms. The largest absolute Gasteiger partial charge is 0.330 e. The van der Waals surface area contributed by atoms with Crippen molar-refractivity contribution in [3.05, 3.63) is 52.1 Å². The van der Waals surface area contributed by atoms with Gasteiger partial charge in [0.15, 0.2) is 0 Å². The summed E-state index contributed by atoms with van der Waals surface area (Å²) in [6.07, 6.45) is 6.97. The highest BCUT2D eigenvalue weighted by Gasteiger charge is 2.32. The molecule has 4 heterocycles. The number of carbonyl (C=O) groups is 1. The Labute approximate surface area is 141 Å². The molecule has 0 unspecified atom stereocenters. The predicted molar refractivity (Wildman–Crippen MR) is 90.5 cm³/mol. The first-order valence-corrected chi connectivity index (χ1v) is 9.20. The lowest BCUT2D eigenvalue weighted by molar-refractivity contribution is 0.0731. The van der Waals surface area contributed by atoms with Gasteiger partial charge in [0, 0.05) is 24.3 Å². The predicted octanol–water partition coefficient (Wildman–Crippen LogP) is 3.64. The van der Waals surface area contributed by atoms with Gasteiger partial charge >= 0.3 is 0 Å². The average molecular weight is 342 g/mol.